The molecule has 2 rings (SSSR count). The van der Waals surface area contributed by atoms with Crippen molar-refractivity contribution < 1.29 is 17.9 Å². The minimum Gasteiger partial charge on any atom is -0.494 e. The van der Waals surface area contributed by atoms with Crippen LogP contribution >= 0.6 is 0 Å². The van der Waals surface area contributed by atoms with Gasteiger partial charge in [0.1, 0.15) is 5.75 Å². The smallest absolute Gasteiger partial charge is 0.317 e. The van der Waals surface area contributed by atoms with Crippen LogP contribution in [0.5, 0.6) is 5.75 Å². The molecule has 152 valence electrons. The van der Waals surface area contributed by atoms with Crippen LogP contribution in [0, 0.1) is 0 Å². The molecule has 0 radical (unpaired) electrons. The third kappa shape index (κ3) is 6.41. The van der Waals surface area contributed by atoms with Crippen LogP contribution in [-0.4, -0.2) is 56.6 Å². The first-order valence-corrected chi connectivity index (χ1v) is 11.4. The van der Waals surface area contributed by atoms with Crippen molar-refractivity contribution in [3.05, 3.63) is 29.8 Å². The summed E-state index contributed by atoms with van der Waals surface area (Å²) in [5.41, 5.74) is 1.38. The topological polar surface area (TPSA) is 75.7 Å². The van der Waals surface area contributed by atoms with Gasteiger partial charge in [-0.3, -0.25) is 0 Å². The number of urea groups is 1. The Morgan fingerprint density at radius 2 is 1.93 bits per heavy atom. The monoisotopic (exact) mass is 396 g/mol. The van der Waals surface area contributed by atoms with E-state index >= 15 is 0 Å². The van der Waals surface area contributed by atoms with Crippen molar-refractivity contribution in [2.75, 3.05) is 31.2 Å². The molecule has 1 aromatic carbocycles. The Balaban J connectivity index is 1.70. The van der Waals surface area contributed by atoms with E-state index < -0.39 is 9.84 Å². The van der Waals surface area contributed by atoms with E-state index in [-0.39, 0.29) is 29.0 Å². The number of amides is 2. The molecule has 6 nitrogen and oxygen atoms in total. The number of nitrogens with one attached hydrogen (secondary N) is 1. The largest absolute Gasteiger partial charge is 0.494 e. The van der Waals surface area contributed by atoms with Gasteiger partial charge in [0.2, 0.25) is 0 Å². The number of rotatable bonds is 7. The summed E-state index contributed by atoms with van der Waals surface area (Å²) >= 11 is 0. The van der Waals surface area contributed by atoms with E-state index in [2.05, 4.69) is 38.2 Å². The summed E-state index contributed by atoms with van der Waals surface area (Å²) in [7, 11) is -3.00. The molecule has 27 heavy (non-hydrogen) atoms. The third-order valence-electron chi connectivity index (χ3n) is 4.84. The number of hydrogen-bond acceptors (Lipinski definition) is 4. The van der Waals surface area contributed by atoms with Crippen LogP contribution in [0.3, 0.4) is 0 Å². The maximum atomic E-state index is 12.3. The summed E-state index contributed by atoms with van der Waals surface area (Å²) in [5.74, 6) is 1.06. The van der Waals surface area contributed by atoms with Gasteiger partial charge in [-0.1, -0.05) is 32.9 Å². The second-order valence-electron chi connectivity index (χ2n) is 8.05. The van der Waals surface area contributed by atoms with Crippen LogP contribution < -0.4 is 10.1 Å². The number of carbonyl (C=O) groups is 1. The minimum absolute atomic E-state index is 0.0714. The van der Waals surface area contributed by atoms with E-state index in [4.69, 9.17) is 4.74 Å². The van der Waals surface area contributed by atoms with Crippen LogP contribution in [-0.2, 0) is 15.3 Å². The van der Waals surface area contributed by atoms with Gasteiger partial charge in [-0.2, -0.15) is 0 Å². The SMILES string of the molecule is CCN(C(=O)NCCCOc1ccc(C(C)(C)C)cc1)C1CCS(=O)(=O)C1. The molecule has 2 amide bonds. The fraction of sp³-hybridized carbons (Fsp3) is 0.650. The first-order valence-electron chi connectivity index (χ1n) is 9.60. The van der Waals surface area contributed by atoms with Gasteiger partial charge in [0.15, 0.2) is 9.84 Å². The number of benzene rings is 1. The van der Waals surface area contributed by atoms with Crippen LogP contribution in [0.2, 0.25) is 0 Å². The Morgan fingerprint density at radius 1 is 1.26 bits per heavy atom. The van der Waals surface area contributed by atoms with Gasteiger partial charge < -0.3 is 15.0 Å². The molecule has 0 bridgehead atoms. The highest BCUT2D eigenvalue weighted by Gasteiger charge is 2.33. The zero-order valence-corrected chi connectivity index (χ0v) is 17.6. The van der Waals surface area contributed by atoms with Crippen LogP contribution in [0.15, 0.2) is 24.3 Å². The summed E-state index contributed by atoms with van der Waals surface area (Å²) < 4.78 is 29.0. The number of sulfone groups is 1. The van der Waals surface area contributed by atoms with E-state index in [0.29, 0.717) is 32.5 Å². The molecule has 1 saturated heterocycles. The van der Waals surface area contributed by atoms with Crippen molar-refractivity contribution in [2.24, 2.45) is 0 Å². The minimum atomic E-state index is -3.00. The molecule has 1 aliphatic heterocycles. The number of hydrogen-bond donors (Lipinski definition) is 1. The molecular weight excluding hydrogens is 364 g/mol. The summed E-state index contributed by atoms with van der Waals surface area (Å²) in [6, 6.07) is 7.68. The lowest BCUT2D eigenvalue weighted by Crippen LogP contribution is -2.47. The molecule has 0 aromatic heterocycles. The van der Waals surface area contributed by atoms with E-state index in [9.17, 15) is 13.2 Å². The number of nitrogens with zero attached hydrogens (tertiary/aromatic N) is 1. The summed E-state index contributed by atoms with van der Waals surface area (Å²) in [4.78, 5) is 13.9. The van der Waals surface area contributed by atoms with Crippen molar-refractivity contribution in [1.82, 2.24) is 10.2 Å². The van der Waals surface area contributed by atoms with Crippen LogP contribution in [0.1, 0.15) is 46.1 Å². The molecule has 0 spiro atoms. The predicted octanol–water partition coefficient (Wildman–Crippen LogP) is 2.97. The van der Waals surface area contributed by atoms with Gasteiger partial charge in [-0.05, 0) is 42.9 Å². The van der Waals surface area contributed by atoms with Crippen molar-refractivity contribution in [2.45, 2.75) is 52.0 Å². The van der Waals surface area contributed by atoms with E-state index in [0.717, 1.165) is 5.75 Å². The van der Waals surface area contributed by atoms with Crippen molar-refractivity contribution in [1.29, 1.82) is 0 Å². The van der Waals surface area contributed by atoms with E-state index in [1.54, 1.807) is 4.90 Å². The Kier molecular flexibility index (Phi) is 7.14. The summed E-state index contributed by atoms with van der Waals surface area (Å²) in [6.45, 7) is 9.90. The standard InChI is InChI=1S/C20H32N2O4S/c1-5-22(17-11-14-27(24,25)15-17)19(23)21-12-6-13-26-18-9-7-16(8-10-18)20(2,3)4/h7-10,17H,5-6,11-15H2,1-4H3,(H,21,23). The van der Waals surface area contributed by atoms with E-state index in [1.807, 2.05) is 19.1 Å². The predicted molar refractivity (Wildman–Crippen MR) is 108 cm³/mol. The highest BCUT2D eigenvalue weighted by atomic mass is 32.2. The Hall–Kier alpha value is -1.76. The molecule has 1 atom stereocenters. The Bertz CT molecular complexity index is 723. The Morgan fingerprint density at radius 3 is 2.44 bits per heavy atom. The van der Waals surface area contributed by atoms with Crippen molar-refractivity contribution >= 4 is 15.9 Å². The number of carbonyl (C=O) groups excluding carboxylic acids is 1. The molecular formula is C20H32N2O4S. The van der Waals surface area contributed by atoms with Crippen LogP contribution in [0.25, 0.3) is 0 Å². The second-order valence-corrected chi connectivity index (χ2v) is 10.3. The molecule has 7 heteroatoms. The molecule has 1 N–H and O–H groups in total. The van der Waals surface area contributed by atoms with Gasteiger partial charge in [-0.15, -0.1) is 0 Å². The van der Waals surface area contributed by atoms with Gasteiger partial charge in [0.05, 0.1) is 18.1 Å². The maximum absolute atomic E-state index is 12.3. The lowest BCUT2D eigenvalue weighted by molar-refractivity contribution is 0.183. The van der Waals surface area contributed by atoms with Crippen molar-refractivity contribution in [3.63, 3.8) is 0 Å². The molecule has 1 aromatic rings. The van der Waals surface area contributed by atoms with Crippen LogP contribution in [0.4, 0.5) is 4.79 Å². The van der Waals surface area contributed by atoms with Gasteiger partial charge >= 0.3 is 6.03 Å². The first kappa shape index (κ1) is 21.5. The third-order valence-corrected chi connectivity index (χ3v) is 6.59. The lowest BCUT2D eigenvalue weighted by atomic mass is 9.87. The molecule has 1 aliphatic rings. The molecule has 0 aliphatic carbocycles. The quantitative estimate of drug-likeness (QED) is 0.719. The first-order chi connectivity index (χ1) is 12.6. The molecule has 0 saturated carbocycles. The second kappa shape index (κ2) is 8.95. The zero-order valence-electron chi connectivity index (χ0n) is 16.8. The highest BCUT2D eigenvalue weighted by Crippen LogP contribution is 2.24. The molecule has 1 heterocycles. The number of ether oxygens (including phenoxy) is 1. The fourth-order valence-electron chi connectivity index (χ4n) is 3.20. The van der Waals surface area contributed by atoms with Gasteiger partial charge in [0.25, 0.3) is 0 Å². The molecule has 1 unspecified atom stereocenters. The lowest BCUT2D eigenvalue weighted by Gasteiger charge is -2.27. The van der Waals surface area contributed by atoms with Gasteiger partial charge in [0, 0.05) is 19.1 Å². The molecule has 1 fully saturated rings. The summed E-state index contributed by atoms with van der Waals surface area (Å²) in [5, 5.41) is 2.87. The zero-order chi connectivity index (χ0) is 20.1. The fourth-order valence-corrected chi connectivity index (χ4v) is 4.93. The van der Waals surface area contributed by atoms with E-state index in [1.165, 1.54) is 5.56 Å². The Labute approximate surface area is 163 Å². The summed E-state index contributed by atoms with van der Waals surface area (Å²) in [6.07, 6.45) is 1.21. The normalized spacial score (nSPS) is 18.9. The maximum Gasteiger partial charge on any atom is 0.317 e. The highest BCUT2D eigenvalue weighted by molar-refractivity contribution is 7.91. The van der Waals surface area contributed by atoms with Gasteiger partial charge in [-0.25, -0.2) is 13.2 Å². The average Bonchev–Trinajstić information content (AvgIpc) is 2.94. The average molecular weight is 397 g/mol. The van der Waals surface area contributed by atoms with Crippen molar-refractivity contribution in [3.8, 4) is 5.75 Å².